The van der Waals surface area contributed by atoms with Crippen LogP contribution in [0.3, 0.4) is 0 Å². The monoisotopic (exact) mass is 380 g/mol. The quantitative estimate of drug-likeness (QED) is 0.818. The summed E-state index contributed by atoms with van der Waals surface area (Å²) in [6, 6.07) is 4.62. The number of hydrogen-bond acceptors (Lipinski definition) is 3. The zero-order valence-electron chi connectivity index (χ0n) is 15.5. The normalized spacial score (nSPS) is 16.0. The van der Waals surface area contributed by atoms with Crippen LogP contribution in [0.15, 0.2) is 30.5 Å². The number of aryl methyl sites for hydroxylation is 2. The van der Waals surface area contributed by atoms with Gasteiger partial charge in [-0.2, -0.15) is 18.3 Å². The Labute approximate surface area is 156 Å². The highest BCUT2D eigenvalue weighted by atomic mass is 19.4. The highest BCUT2D eigenvalue weighted by Crippen LogP contribution is 2.29. The van der Waals surface area contributed by atoms with Crippen LogP contribution in [0.4, 0.5) is 13.2 Å². The zero-order chi connectivity index (χ0) is 19.6. The lowest BCUT2D eigenvalue weighted by Gasteiger charge is -2.34. The highest BCUT2D eigenvalue weighted by Gasteiger charge is 2.31. The van der Waals surface area contributed by atoms with E-state index in [1.54, 1.807) is 4.90 Å². The molecule has 0 unspecified atom stereocenters. The van der Waals surface area contributed by atoms with Gasteiger partial charge in [0.1, 0.15) is 0 Å². The Morgan fingerprint density at radius 1 is 1.19 bits per heavy atom. The van der Waals surface area contributed by atoms with Gasteiger partial charge in [0.2, 0.25) is 0 Å². The maximum Gasteiger partial charge on any atom is 0.416 e. The van der Waals surface area contributed by atoms with E-state index in [0.717, 1.165) is 36.5 Å². The summed E-state index contributed by atoms with van der Waals surface area (Å²) in [5.41, 5.74) is 1.45. The smallest absolute Gasteiger partial charge is 0.336 e. The first-order valence-corrected chi connectivity index (χ1v) is 8.99. The maximum atomic E-state index is 12.9. The number of amides is 1. The van der Waals surface area contributed by atoms with Crippen LogP contribution in [0.2, 0.25) is 0 Å². The maximum absolute atomic E-state index is 12.9. The Kier molecular flexibility index (Phi) is 5.55. The van der Waals surface area contributed by atoms with E-state index in [2.05, 4.69) is 10.00 Å². The molecule has 2 heterocycles. The van der Waals surface area contributed by atoms with E-state index in [4.69, 9.17) is 0 Å². The summed E-state index contributed by atoms with van der Waals surface area (Å²) in [4.78, 5) is 16.4. The minimum Gasteiger partial charge on any atom is -0.336 e. The van der Waals surface area contributed by atoms with Crippen molar-refractivity contribution < 1.29 is 18.0 Å². The van der Waals surface area contributed by atoms with Gasteiger partial charge in [0.25, 0.3) is 5.91 Å². The third kappa shape index (κ3) is 4.50. The molecule has 2 aromatic rings. The first-order valence-electron chi connectivity index (χ1n) is 8.99. The van der Waals surface area contributed by atoms with Gasteiger partial charge in [0.15, 0.2) is 0 Å². The standard InChI is InChI=1S/C19H23F3N4O/c1-3-26-13-16(14(2)23-26)12-24-7-9-25(10-8-24)18(27)15-5-4-6-17(11-15)19(20,21)22/h4-6,11,13H,3,7-10,12H2,1-2H3. The van der Waals surface area contributed by atoms with Crippen LogP contribution in [0.25, 0.3) is 0 Å². The molecule has 0 saturated carbocycles. The summed E-state index contributed by atoms with van der Waals surface area (Å²) in [6.07, 6.45) is -2.41. The van der Waals surface area contributed by atoms with Gasteiger partial charge >= 0.3 is 6.18 Å². The Morgan fingerprint density at radius 3 is 2.48 bits per heavy atom. The minimum absolute atomic E-state index is 0.0818. The first kappa shape index (κ1) is 19.4. The second-order valence-corrected chi connectivity index (χ2v) is 6.74. The number of halogens is 3. The summed E-state index contributed by atoms with van der Waals surface area (Å²) in [7, 11) is 0. The fourth-order valence-electron chi connectivity index (χ4n) is 3.24. The van der Waals surface area contributed by atoms with Crippen molar-refractivity contribution in [2.75, 3.05) is 26.2 Å². The molecule has 0 atom stereocenters. The van der Waals surface area contributed by atoms with E-state index in [-0.39, 0.29) is 11.5 Å². The van der Waals surface area contributed by atoms with E-state index in [0.29, 0.717) is 26.2 Å². The molecule has 5 nitrogen and oxygen atoms in total. The molecule has 8 heteroatoms. The van der Waals surface area contributed by atoms with Gasteiger partial charge in [-0.15, -0.1) is 0 Å². The Bertz CT molecular complexity index is 808. The molecule has 1 aromatic heterocycles. The van der Waals surface area contributed by atoms with Gasteiger partial charge in [0.05, 0.1) is 11.3 Å². The number of alkyl halides is 3. The molecule has 1 aromatic carbocycles. The van der Waals surface area contributed by atoms with Crippen molar-refractivity contribution in [3.05, 3.63) is 52.8 Å². The third-order valence-electron chi connectivity index (χ3n) is 4.86. The molecule has 3 rings (SSSR count). The van der Waals surface area contributed by atoms with Crippen molar-refractivity contribution in [3.8, 4) is 0 Å². The largest absolute Gasteiger partial charge is 0.416 e. The summed E-state index contributed by atoms with van der Waals surface area (Å²) < 4.78 is 40.5. The molecule has 1 amide bonds. The number of aromatic nitrogens is 2. The van der Waals surface area contributed by atoms with Crippen molar-refractivity contribution in [1.82, 2.24) is 19.6 Å². The molecule has 0 radical (unpaired) electrons. The summed E-state index contributed by atoms with van der Waals surface area (Å²) >= 11 is 0. The van der Waals surface area contributed by atoms with E-state index >= 15 is 0 Å². The van der Waals surface area contributed by atoms with E-state index in [1.807, 2.05) is 24.7 Å². The summed E-state index contributed by atoms with van der Waals surface area (Å²) in [5, 5.41) is 4.44. The number of nitrogens with zero attached hydrogens (tertiary/aromatic N) is 4. The molecule has 0 spiro atoms. The number of hydrogen-bond donors (Lipinski definition) is 0. The Hall–Kier alpha value is -2.35. The Morgan fingerprint density at radius 2 is 1.89 bits per heavy atom. The van der Waals surface area contributed by atoms with Crippen LogP contribution in [-0.4, -0.2) is 51.7 Å². The first-order chi connectivity index (χ1) is 12.8. The summed E-state index contributed by atoms with van der Waals surface area (Å²) in [6.45, 7) is 7.95. The second kappa shape index (κ2) is 7.72. The van der Waals surface area contributed by atoms with Crippen molar-refractivity contribution in [2.24, 2.45) is 0 Å². The van der Waals surface area contributed by atoms with Gasteiger partial charge in [-0.05, 0) is 32.0 Å². The molecular formula is C19H23F3N4O. The van der Waals surface area contributed by atoms with Crippen LogP contribution in [0, 0.1) is 6.92 Å². The van der Waals surface area contributed by atoms with Gasteiger partial charge in [0, 0.05) is 56.6 Å². The van der Waals surface area contributed by atoms with Crippen molar-refractivity contribution >= 4 is 5.91 Å². The second-order valence-electron chi connectivity index (χ2n) is 6.74. The third-order valence-corrected chi connectivity index (χ3v) is 4.86. The van der Waals surface area contributed by atoms with Crippen molar-refractivity contribution in [3.63, 3.8) is 0 Å². The van der Waals surface area contributed by atoms with Crippen molar-refractivity contribution in [2.45, 2.75) is 33.1 Å². The minimum atomic E-state index is -4.45. The van der Waals surface area contributed by atoms with Gasteiger partial charge in [-0.1, -0.05) is 6.07 Å². The predicted octanol–water partition coefficient (Wildman–Crippen LogP) is 3.19. The number of carbonyl (C=O) groups is 1. The summed E-state index contributed by atoms with van der Waals surface area (Å²) in [5.74, 6) is -0.351. The van der Waals surface area contributed by atoms with Crippen molar-refractivity contribution in [1.29, 1.82) is 0 Å². The average molecular weight is 380 g/mol. The molecule has 1 aliphatic rings. The molecule has 146 valence electrons. The van der Waals surface area contributed by atoms with E-state index in [9.17, 15) is 18.0 Å². The lowest BCUT2D eigenvalue weighted by Crippen LogP contribution is -2.48. The number of carbonyl (C=O) groups excluding carboxylic acids is 1. The predicted molar refractivity (Wildman–Crippen MR) is 95.3 cm³/mol. The number of rotatable bonds is 4. The molecule has 0 N–H and O–H groups in total. The number of piperazine rings is 1. The van der Waals surface area contributed by atoms with E-state index < -0.39 is 11.7 Å². The highest BCUT2D eigenvalue weighted by molar-refractivity contribution is 5.94. The van der Waals surface area contributed by atoms with E-state index in [1.165, 1.54) is 12.1 Å². The fraction of sp³-hybridized carbons (Fsp3) is 0.474. The van der Waals surface area contributed by atoms with Gasteiger partial charge in [-0.25, -0.2) is 0 Å². The molecule has 1 saturated heterocycles. The van der Waals surface area contributed by atoms with Gasteiger partial charge < -0.3 is 4.90 Å². The Balaban J connectivity index is 1.60. The van der Waals surface area contributed by atoms with Crippen LogP contribution in [0.5, 0.6) is 0 Å². The van der Waals surface area contributed by atoms with Crippen LogP contribution in [0.1, 0.15) is 34.1 Å². The molecule has 0 bridgehead atoms. The number of benzene rings is 1. The molecule has 27 heavy (non-hydrogen) atoms. The van der Waals surface area contributed by atoms with Crippen LogP contribution >= 0.6 is 0 Å². The van der Waals surface area contributed by atoms with Crippen LogP contribution < -0.4 is 0 Å². The van der Waals surface area contributed by atoms with Gasteiger partial charge in [-0.3, -0.25) is 14.4 Å². The fourth-order valence-corrected chi connectivity index (χ4v) is 3.24. The zero-order valence-corrected chi connectivity index (χ0v) is 15.5. The average Bonchev–Trinajstić information content (AvgIpc) is 3.01. The lowest BCUT2D eigenvalue weighted by molar-refractivity contribution is -0.137. The van der Waals surface area contributed by atoms with Crippen LogP contribution in [-0.2, 0) is 19.3 Å². The topological polar surface area (TPSA) is 41.4 Å². The molecule has 1 aliphatic heterocycles. The lowest BCUT2D eigenvalue weighted by atomic mass is 10.1. The molecular weight excluding hydrogens is 357 g/mol. The SMILES string of the molecule is CCn1cc(CN2CCN(C(=O)c3cccc(C(F)(F)F)c3)CC2)c(C)n1. The molecule has 1 fully saturated rings. The molecule has 0 aliphatic carbocycles.